The van der Waals surface area contributed by atoms with Gasteiger partial charge in [-0.3, -0.25) is 0 Å². The van der Waals surface area contributed by atoms with Crippen molar-refractivity contribution in [3.8, 4) is 0 Å². The number of anilines is 1. The maximum absolute atomic E-state index is 5.95. The summed E-state index contributed by atoms with van der Waals surface area (Å²) in [5, 5.41) is 4.34. The Morgan fingerprint density at radius 3 is 2.94 bits per heavy atom. The third kappa shape index (κ3) is 5.89. The number of nitrogens with zero attached hydrogens (tertiary/aromatic N) is 2. The van der Waals surface area contributed by atoms with Crippen molar-refractivity contribution in [2.24, 2.45) is 0 Å². The number of hydrogen-bond donors (Lipinski definition) is 1. The van der Waals surface area contributed by atoms with Crippen LogP contribution in [0.2, 0.25) is 5.15 Å². The zero-order valence-electron chi connectivity index (χ0n) is 11.1. The summed E-state index contributed by atoms with van der Waals surface area (Å²) in [5.74, 6) is 1.38. The number of rotatable bonds is 8. The van der Waals surface area contributed by atoms with E-state index in [0.717, 1.165) is 18.8 Å². The van der Waals surface area contributed by atoms with E-state index in [1.165, 1.54) is 0 Å². The van der Waals surface area contributed by atoms with Crippen LogP contribution in [0, 0.1) is 0 Å². The number of thioether (sulfide) groups is 1. The van der Waals surface area contributed by atoms with E-state index in [9.17, 15) is 0 Å². The predicted molar refractivity (Wildman–Crippen MR) is 78.5 cm³/mol. The maximum atomic E-state index is 5.95. The van der Waals surface area contributed by atoms with Gasteiger partial charge in [-0.1, -0.05) is 18.5 Å². The van der Waals surface area contributed by atoms with E-state index < -0.39 is 0 Å². The number of nitrogens with one attached hydrogen (secondary N) is 1. The minimum absolute atomic E-state index is 0.396. The molecule has 0 spiro atoms. The molecule has 18 heavy (non-hydrogen) atoms. The van der Waals surface area contributed by atoms with E-state index in [4.69, 9.17) is 16.3 Å². The zero-order valence-corrected chi connectivity index (χ0v) is 12.6. The Kier molecular flexibility index (Phi) is 7.39. The van der Waals surface area contributed by atoms with Gasteiger partial charge < -0.3 is 10.1 Å². The van der Waals surface area contributed by atoms with Crippen LogP contribution in [0.5, 0.6) is 0 Å². The summed E-state index contributed by atoms with van der Waals surface area (Å²) >= 11 is 7.81. The summed E-state index contributed by atoms with van der Waals surface area (Å²) in [6, 6.07) is 1.74. The van der Waals surface area contributed by atoms with E-state index in [1.807, 2.05) is 18.7 Å². The molecule has 0 saturated heterocycles. The normalized spacial score (nSPS) is 12.4. The average Bonchev–Trinajstić information content (AvgIpc) is 2.35. The lowest BCUT2D eigenvalue weighted by atomic mass is 10.3. The number of hydrogen-bond acceptors (Lipinski definition) is 5. The van der Waals surface area contributed by atoms with Crippen LogP contribution in [0.15, 0.2) is 6.07 Å². The molecule has 4 nitrogen and oxygen atoms in total. The lowest BCUT2D eigenvalue weighted by Crippen LogP contribution is -2.10. The van der Waals surface area contributed by atoms with Gasteiger partial charge in [-0.2, -0.15) is 11.8 Å². The van der Waals surface area contributed by atoms with Gasteiger partial charge in [0.25, 0.3) is 0 Å². The highest BCUT2D eigenvalue weighted by atomic mass is 35.5. The second-order valence-electron chi connectivity index (χ2n) is 3.89. The minimum Gasteiger partial charge on any atom is -0.374 e. The summed E-state index contributed by atoms with van der Waals surface area (Å²) in [7, 11) is 0. The lowest BCUT2D eigenvalue weighted by molar-refractivity contribution is 0.128. The molecule has 1 N–H and O–H groups in total. The van der Waals surface area contributed by atoms with Crippen molar-refractivity contribution in [2.75, 3.05) is 24.7 Å². The van der Waals surface area contributed by atoms with Crippen molar-refractivity contribution >= 4 is 29.2 Å². The molecule has 6 heteroatoms. The van der Waals surface area contributed by atoms with E-state index in [2.05, 4.69) is 28.5 Å². The third-order valence-corrected chi connectivity index (χ3v) is 3.67. The highest BCUT2D eigenvalue weighted by Gasteiger charge is 2.04. The van der Waals surface area contributed by atoms with Crippen molar-refractivity contribution in [1.29, 1.82) is 0 Å². The fourth-order valence-electron chi connectivity index (χ4n) is 1.33. The highest BCUT2D eigenvalue weighted by Crippen LogP contribution is 2.14. The van der Waals surface area contributed by atoms with E-state index >= 15 is 0 Å². The molecule has 0 radical (unpaired) electrons. The largest absolute Gasteiger partial charge is 0.374 e. The van der Waals surface area contributed by atoms with Crippen LogP contribution in [0.3, 0.4) is 0 Å². The predicted octanol–water partition coefficient (Wildman–Crippen LogP) is 3.22. The minimum atomic E-state index is 0.396. The number of halogens is 1. The molecule has 0 fully saturated rings. The highest BCUT2D eigenvalue weighted by molar-refractivity contribution is 7.99. The maximum Gasteiger partial charge on any atom is 0.158 e. The summed E-state index contributed by atoms with van der Waals surface area (Å²) < 4.78 is 5.27. The van der Waals surface area contributed by atoms with Gasteiger partial charge in [0.15, 0.2) is 5.82 Å². The Hall–Kier alpha value is -0.520. The molecular formula is C12H20ClN3OS. The summed E-state index contributed by atoms with van der Waals surface area (Å²) in [4.78, 5) is 8.47. The second-order valence-corrected chi connectivity index (χ2v) is 5.55. The molecule has 0 aliphatic heterocycles. The Bertz CT molecular complexity index is 365. The van der Waals surface area contributed by atoms with Crippen LogP contribution in [0.25, 0.3) is 0 Å². The molecular weight excluding hydrogens is 270 g/mol. The zero-order chi connectivity index (χ0) is 13.4. The van der Waals surface area contributed by atoms with Gasteiger partial charge in [0.1, 0.15) is 17.6 Å². The molecule has 0 aromatic carbocycles. The smallest absolute Gasteiger partial charge is 0.158 e. The van der Waals surface area contributed by atoms with E-state index in [1.54, 1.807) is 6.07 Å². The van der Waals surface area contributed by atoms with Gasteiger partial charge in [-0.25, -0.2) is 9.97 Å². The summed E-state index contributed by atoms with van der Waals surface area (Å²) in [5.41, 5.74) is 0. The molecule has 1 rings (SSSR count). The standard InChI is InChI=1S/C12H20ClN3OS/c1-4-17-8-12-15-10(13)7-11(16-12)14-6-5-9(2)18-3/h7,9H,4-6,8H2,1-3H3,(H,14,15,16). The van der Waals surface area contributed by atoms with Crippen LogP contribution < -0.4 is 5.32 Å². The Morgan fingerprint density at radius 1 is 1.50 bits per heavy atom. The van der Waals surface area contributed by atoms with Crippen LogP contribution in [-0.4, -0.2) is 34.6 Å². The number of ether oxygens (including phenoxy) is 1. The molecule has 1 atom stereocenters. The quantitative estimate of drug-likeness (QED) is 0.745. The van der Waals surface area contributed by atoms with Crippen LogP contribution in [0.4, 0.5) is 5.82 Å². The Labute approximate surface area is 118 Å². The van der Waals surface area contributed by atoms with E-state index in [-0.39, 0.29) is 0 Å². The van der Waals surface area contributed by atoms with Crippen LogP contribution in [0.1, 0.15) is 26.1 Å². The van der Waals surface area contributed by atoms with Crippen molar-refractivity contribution in [3.63, 3.8) is 0 Å². The van der Waals surface area contributed by atoms with Gasteiger partial charge >= 0.3 is 0 Å². The van der Waals surface area contributed by atoms with Gasteiger partial charge in [0.05, 0.1) is 0 Å². The van der Waals surface area contributed by atoms with Gasteiger partial charge in [-0.05, 0) is 19.6 Å². The molecule has 0 saturated carbocycles. The molecule has 0 aliphatic rings. The summed E-state index contributed by atoms with van der Waals surface area (Å²) in [6.07, 6.45) is 3.20. The van der Waals surface area contributed by atoms with Crippen molar-refractivity contribution < 1.29 is 4.74 Å². The van der Waals surface area contributed by atoms with Gasteiger partial charge in [-0.15, -0.1) is 0 Å². The molecule has 0 aliphatic carbocycles. The van der Waals surface area contributed by atoms with E-state index in [0.29, 0.717) is 29.4 Å². The Balaban J connectivity index is 2.51. The Morgan fingerprint density at radius 2 is 2.28 bits per heavy atom. The number of aromatic nitrogens is 2. The fourth-order valence-corrected chi connectivity index (χ4v) is 1.89. The monoisotopic (exact) mass is 289 g/mol. The first-order valence-corrected chi connectivity index (χ1v) is 7.70. The SMILES string of the molecule is CCOCc1nc(Cl)cc(NCCC(C)SC)n1. The lowest BCUT2D eigenvalue weighted by Gasteiger charge is -2.10. The molecule has 1 aromatic heterocycles. The molecule has 1 heterocycles. The molecule has 0 amide bonds. The first-order chi connectivity index (χ1) is 8.65. The van der Waals surface area contributed by atoms with Crippen LogP contribution in [-0.2, 0) is 11.3 Å². The average molecular weight is 290 g/mol. The van der Waals surface area contributed by atoms with Crippen LogP contribution >= 0.6 is 23.4 Å². The second kappa shape index (κ2) is 8.56. The first kappa shape index (κ1) is 15.5. The van der Waals surface area contributed by atoms with Gasteiger partial charge in [0.2, 0.25) is 0 Å². The van der Waals surface area contributed by atoms with Crippen molar-refractivity contribution in [1.82, 2.24) is 9.97 Å². The van der Waals surface area contributed by atoms with Crippen molar-refractivity contribution in [3.05, 3.63) is 17.0 Å². The fraction of sp³-hybridized carbons (Fsp3) is 0.667. The third-order valence-electron chi connectivity index (χ3n) is 2.44. The van der Waals surface area contributed by atoms with Crippen molar-refractivity contribution in [2.45, 2.75) is 32.1 Å². The molecule has 0 bridgehead atoms. The molecule has 1 aromatic rings. The summed E-state index contributed by atoms with van der Waals surface area (Å²) in [6.45, 7) is 6.06. The van der Waals surface area contributed by atoms with Gasteiger partial charge in [0, 0.05) is 24.5 Å². The first-order valence-electron chi connectivity index (χ1n) is 6.03. The topological polar surface area (TPSA) is 47.0 Å². The molecule has 102 valence electrons. The molecule has 1 unspecified atom stereocenters.